The van der Waals surface area contributed by atoms with Gasteiger partial charge in [0.25, 0.3) is 0 Å². The molecule has 0 amide bonds. The van der Waals surface area contributed by atoms with Gasteiger partial charge < -0.3 is 14.4 Å². The van der Waals surface area contributed by atoms with E-state index in [2.05, 4.69) is 212 Å². The van der Waals surface area contributed by atoms with Crippen molar-refractivity contribution in [2.45, 2.75) is 50.4 Å². The van der Waals surface area contributed by atoms with E-state index in [4.69, 9.17) is 9.47 Å². The second kappa shape index (κ2) is 15.0. The normalized spacial score (nSPS) is 16.9. The lowest BCUT2D eigenvalue weighted by molar-refractivity contribution is 0.359. The molecule has 5 aliphatic rings. The molecule has 1 unspecified atom stereocenters. The summed E-state index contributed by atoms with van der Waals surface area (Å²) in [6.45, 7) is 2.17. The van der Waals surface area contributed by atoms with E-state index in [-0.39, 0.29) is 5.41 Å². The maximum atomic E-state index is 6.98. The molecule has 1 aliphatic heterocycles. The molecular weight excluding hydrogens is 791 g/mol. The molecule has 4 aliphatic carbocycles. The zero-order chi connectivity index (χ0) is 43.1. The van der Waals surface area contributed by atoms with Gasteiger partial charge in [0, 0.05) is 22.9 Å². The van der Waals surface area contributed by atoms with Crippen LogP contribution in [-0.4, -0.2) is 0 Å². The van der Waals surface area contributed by atoms with E-state index in [0.717, 1.165) is 70.4 Å². The molecule has 0 saturated carbocycles. The third kappa shape index (κ3) is 5.95. The highest BCUT2D eigenvalue weighted by Gasteiger charge is 2.53. The fourth-order valence-corrected chi connectivity index (χ4v) is 11.6. The highest BCUT2D eigenvalue weighted by Crippen LogP contribution is 2.66. The Bertz CT molecular complexity index is 3270. The number of benzene rings is 8. The number of anilines is 3. The van der Waals surface area contributed by atoms with E-state index >= 15 is 0 Å². The molecule has 0 bridgehead atoms. The van der Waals surface area contributed by atoms with Crippen molar-refractivity contribution < 1.29 is 9.47 Å². The van der Waals surface area contributed by atoms with Gasteiger partial charge in [0.1, 0.15) is 0 Å². The van der Waals surface area contributed by atoms with E-state index < -0.39 is 0 Å². The maximum Gasteiger partial charge on any atom is 0.170 e. The molecule has 0 aromatic heterocycles. The van der Waals surface area contributed by atoms with Gasteiger partial charge in [-0.15, -0.1) is 0 Å². The zero-order valence-corrected chi connectivity index (χ0v) is 36.4. The minimum absolute atomic E-state index is 0.319. The Morgan fingerprint density at radius 1 is 0.492 bits per heavy atom. The van der Waals surface area contributed by atoms with Gasteiger partial charge in [-0.05, 0) is 160 Å². The van der Waals surface area contributed by atoms with Gasteiger partial charge in [-0.25, -0.2) is 0 Å². The standard InChI is InChI=1S/C62H47NO2/c1-40-26-28-42(29-27-40)43-30-33-46(34-31-43)63(47-17-13-16-44(36-47)41-14-3-2-4-15-41)57-25-12-8-18-48(57)45-32-35-58-59(37-45)65-60-38-52-51-21-7-11-24-55(51)62(56(52)39-61(60)64-58)53-22-9-5-19-49(53)50-20-6-10-23-54(50)62/h2-6,8-10,12-20,22-23,25-28,30-39,42H,7,11,21,24,29H2,1H3. The van der Waals surface area contributed by atoms with E-state index in [9.17, 15) is 0 Å². The Hall–Kier alpha value is -7.62. The van der Waals surface area contributed by atoms with Crippen LogP contribution >= 0.6 is 0 Å². The number of hydrogen-bond donors (Lipinski definition) is 0. The zero-order valence-electron chi connectivity index (χ0n) is 36.4. The molecule has 8 aromatic rings. The summed E-state index contributed by atoms with van der Waals surface area (Å²) in [5.41, 5.74) is 21.2. The average molecular weight is 838 g/mol. The third-order valence-electron chi connectivity index (χ3n) is 14.6. The van der Waals surface area contributed by atoms with Gasteiger partial charge in [-0.2, -0.15) is 0 Å². The monoisotopic (exact) mass is 837 g/mol. The first-order chi connectivity index (χ1) is 32.1. The van der Waals surface area contributed by atoms with Gasteiger partial charge in [-0.1, -0.05) is 151 Å². The summed E-state index contributed by atoms with van der Waals surface area (Å²) in [5, 5.41) is 0. The summed E-state index contributed by atoms with van der Waals surface area (Å²) < 4.78 is 13.9. The summed E-state index contributed by atoms with van der Waals surface area (Å²) >= 11 is 0. The Balaban J connectivity index is 0.900. The van der Waals surface area contributed by atoms with Gasteiger partial charge in [0.2, 0.25) is 0 Å². The summed E-state index contributed by atoms with van der Waals surface area (Å²) in [6.07, 6.45) is 12.5. The molecule has 1 heterocycles. The van der Waals surface area contributed by atoms with Crippen LogP contribution in [0.1, 0.15) is 72.8 Å². The van der Waals surface area contributed by atoms with Crippen LogP contribution in [0.3, 0.4) is 0 Å². The van der Waals surface area contributed by atoms with Crippen molar-refractivity contribution in [3.05, 3.63) is 239 Å². The molecule has 0 fully saturated rings. The lowest BCUT2D eigenvalue weighted by Gasteiger charge is -2.34. The number of hydrogen-bond acceptors (Lipinski definition) is 3. The molecule has 13 rings (SSSR count). The van der Waals surface area contributed by atoms with Crippen LogP contribution < -0.4 is 14.4 Å². The van der Waals surface area contributed by atoms with E-state index in [1.165, 1.54) is 74.1 Å². The maximum absolute atomic E-state index is 6.98. The first kappa shape index (κ1) is 37.9. The summed E-state index contributed by atoms with van der Waals surface area (Å²) in [6, 6.07) is 66.5. The predicted molar refractivity (Wildman–Crippen MR) is 266 cm³/mol. The predicted octanol–water partition coefficient (Wildman–Crippen LogP) is 17.0. The number of nitrogens with zero attached hydrogens (tertiary/aromatic N) is 1. The number of ether oxygens (including phenoxy) is 2. The number of allylic oxidation sites excluding steroid dienone is 6. The number of rotatable bonds is 6. The minimum Gasteiger partial charge on any atom is -0.450 e. The lowest BCUT2D eigenvalue weighted by atomic mass is 9.67. The van der Waals surface area contributed by atoms with Crippen LogP contribution in [0.4, 0.5) is 17.1 Å². The van der Waals surface area contributed by atoms with E-state index in [1.54, 1.807) is 5.57 Å². The Kier molecular flexibility index (Phi) is 8.74. The lowest BCUT2D eigenvalue weighted by Crippen LogP contribution is -2.28. The van der Waals surface area contributed by atoms with Crippen LogP contribution in [0.25, 0.3) is 39.0 Å². The van der Waals surface area contributed by atoms with Crippen molar-refractivity contribution in [1.29, 1.82) is 0 Å². The SMILES string of the molecule is CC1=CCC(c2ccc(N(c3cccc(-c4ccccc4)c3)c3ccccc3-c3ccc4c(c3)Oc3cc5c(cc3O4)C3(C4=C5CCCC4)c4ccccc4-c4ccccc43)cc2)C=C1. The van der Waals surface area contributed by atoms with E-state index in [0.29, 0.717) is 5.92 Å². The number of fused-ring (bicyclic) bond motifs is 11. The second-order valence-electron chi connectivity index (χ2n) is 18.2. The van der Waals surface area contributed by atoms with Crippen LogP contribution in [0.15, 0.2) is 211 Å². The second-order valence-corrected chi connectivity index (χ2v) is 18.2. The van der Waals surface area contributed by atoms with Gasteiger partial charge in [0.05, 0.1) is 11.1 Å². The molecule has 3 heteroatoms. The molecule has 3 nitrogen and oxygen atoms in total. The highest BCUT2D eigenvalue weighted by atomic mass is 16.6. The van der Waals surface area contributed by atoms with Crippen LogP contribution in [0.5, 0.6) is 23.0 Å². The smallest absolute Gasteiger partial charge is 0.170 e. The molecule has 0 N–H and O–H groups in total. The third-order valence-corrected chi connectivity index (χ3v) is 14.6. The molecular formula is C62H47NO2. The van der Waals surface area contributed by atoms with Crippen molar-refractivity contribution in [2.24, 2.45) is 0 Å². The van der Waals surface area contributed by atoms with Crippen molar-refractivity contribution >= 4 is 22.6 Å². The van der Waals surface area contributed by atoms with Crippen LogP contribution in [0.2, 0.25) is 0 Å². The minimum atomic E-state index is -0.319. The van der Waals surface area contributed by atoms with Crippen LogP contribution in [-0.2, 0) is 5.41 Å². The Morgan fingerprint density at radius 2 is 1.17 bits per heavy atom. The molecule has 8 aromatic carbocycles. The first-order valence-electron chi connectivity index (χ1n) is 23.2. The fraction of sp³-hybridized carbons (Fsp3) is 0.129. The van der Waals surface area contributed by atoms with Crippen molar-refractivity contribution in [3.63, 3.8) is 0 Å². The molecule has 65 heavy (non-hydrogen) atoms. The Morgan fingerprint density at radius 3 is 1.95 bits per heavy atom. The molecule has 0 radical (unpaired) electrons. The quantitative estimate of drug-likeness (QED) is 0.167. The summed E-state index contributed by atoms with van der Waals surface area (Å²) in [7, 11) is 0. The Labute approximate surface area is 381 Å². The van der Waals surface area contributed by atoms with Crippen molar-refractivity contribution in [1.82, 2.24) is 0 Å². The largest absolute Gasteiger partial charge is 0.450 e. The van der Waals surface area contributed by atoms with Crippen molar-refractivity contribution in [2.75, 3.05) is 4.90 Å². The molecule has 312 valence electrons. The highest BCUT2D eigenvalue weighted by molar-refractivity contribution is 5.96. The van der Waals surface area contributed by atoms with Crippen molar-refractivity contribution in [3.8, 4) is 56.4 Å². The molecule has 1 atom stereocenters. The topological polar surface area (TPSA) is 21.7 Å². The van der Waals surface area contributed by atoms with Crippen LogP contribution in [0, 0.1) is 0 Å². The number of para-hydroxylation sites is 1. The molecule has 0 saturated heterocycles. The van der Waals surface area contributed by atoms with Gasteiger partial charge >= 0.3 is 0 Å². The summed E-state index contributed by atoms with van der Waals surface area (Å²) in [5.74, 6) is 3.36. The fourth-order valence-electron chi connectivity index (χ4n) is 11.6. The average Bonchev–Trinajstić information content (AvgIpc) is 3.83. The molecule has 1 spiro atoms. The first-order valence-corrected chi connectivity index (χ1v) is 23.2. The van der Waals surface area contributed by atoms with E-state index in [1.807, 2.05) is 0 Å². The van der Waals surface area contributed by atoms with Gasteiger partial charge in [0.15, 0.2) is 23.0 Å². The summed E-state index contributed by atoms with van der Waals surface area (Å²) in [4.78, 5) is 2.40. The van der Waals surface area contributed by atoms with Gasteiger partial charge in [-0.3, -0.25) is 0 Å².